The number of allylic oxidation sites excluding steroid dienone is 2. The van der Waals surface area contributed by atoms with Crippen LogP contribution >= 0.6 is 0 Å². The SMILES string of the molecule is CCCCCCCCCCCCCC/C=C/CCCC(O)C(O)C(CO)NC(=O)C(O)CCCCCCCCCCCCCCCCCCCCCCCCCCCCCCCC. The van der Waals surface area contributed by atoms with Gasteiger partial charge < -0.3 is 25.7 Å². The van der Waals surface area contributed by atoms with Crippen molar-refractivity contribution < 1.29 is 25.2 Å². The number of amides is 1. The fraction of sp³-hybridized carbons (Fsp3) is 0.947. The van der Waals surface area contributed by atoms with Crippen molar-refractivity contribution >= 4 is 5.91 Å². The molecule has 0 bridgehead atoms. The third kappa shape index (κ3) is 46.0. The Kier molecular flexibility index (Phi) is 51.2. The van der Waals surface area contributed by atoms with Crippen molar-refractivity contribution in [3.05, 3.63) is 12.2 Å². The van der Waals surface area contributed by atoms with Crippen LogP contribution in [0.5, 0.6) is 0 Å². The van der Waals surface area contributed by atoms with E-state index in [-0.39, 0.29) is 0 Å². The number of aliphatic hydroxyl groups excluding tert-OH is 4. The Labute approximate surface area is 393 Å². The van der Waals surface area contributed by atoms with Crippen LogP contribution in [0.4, 0.5) is 0 Å². The zero-order chi connectivity index (χ0) is 45.9. The minimum Gasteiger partial charge on any atom is -0.394 e. The third-order valence-electron chi connectivity index (χ3n) is 13.7. The first-order valence-corrected chi connectivity index (χ1v) is 28.6. The number of rotatable bonds is 53. The lowest BCUT2D eigenvalue weighted by Crippen LogP contribution is -2.53. The minimum atomic E-state index is -1.28. The first-order valence-electron chi connectivity index (χ1n) is 28.6. The molecule has 0 saturated heterocycles. The van der Waals surface area contributed by atoms with Gasteiger partial charge in [-0.05, 0) is 38.5 Å². The van der Waals surface area contributed by atoms with Gasteiger partial charge in [0.2, 0.25) is 5.91 Å². The predicted molar refractivity (Wildman–Crippen MR) is 275 cm³/mol. The van der Waals surface area contributed by atoms with Crippen molar-refractivity contribution in [3.63, 3.8) is 0 Å². The highest BCUT2D eigenvalue weighted by Crippen LogP contribution is 2.18. The van der Waals surface area contributed by atoms with E-state index < -0.39 is 36.9 Å². The highest BCUT2D eigenvalue weighted by atomic mass is 16.3. The Bertz CT molecular complexity index is 913. The summed E-state index contributed by atoms with van der Waals surface area (Å²) >= 11 is 0. The van der Waals surface area contributed by atoms with E-state index in [9.17, 15) is 25.2 Å². The topological polar surface area (TPSA) is 110 Å². The fourth-order valence-electron chi connectivity index (χ4n) is 9.23. The Balaban J connectivity index is 3.57. The standard InChI is InChI=1S/C57H113NO5/c1-3-5-7-9-11-13-15-17-19-21-22-23-24-25-26-27-28-29-30-31-32-33-35-37-39-41-43-45-47-49-51-55(61)57(63)58-53(52-59)56(62)54(60)50-48-46-44-42-40-38-36-34-20-18-16-14-12-10-8-6-4-2/h42,44,53-56,59-62H,3-41,43,45-52H2,1-2H3,(H,58,63)/b44-42+. The van der Waals surface area contributed by atoms with E-state index in [1.807, 2.05) is 0 Å². The highest BCUT2D eigenvalue weighted by Gasteiger charge is 2.28. The van der Waals surface area contributed by atoms with Gasteiger partial charge in [-0.1, -0.05) is 289 Å². The lowest BCUT2D eigenvalue weighted by Gasteiger charge is -2.27. The first-order chi connectivity index (χ1) is 31.0. The summed E-state index contributed by atoms with van der Waals surface area (Å²) < 4.78 is 0. The van der Waals surface area contributed by atoms with E-state index in [1.165, 1.54) is 250 Å². The molecule has 0 aromatic heterocycles. The largest absolute Gasteiger partial charge is 0.394 e. The monoisotopic (exact) mass is 892 g/mol. The van der Waals surface area contributed by atoms with Gasteiger partial charge in [-0.2, -0.15) is 0 Å². The Morgan fingerprint density at radius 3 is 0.952 bits per heavy atom. The van der Waals surface area contributed by atoms with E-state index >= 15 is 0 Å². The van der Waals surface area contributed by atoms with E-state index in [0.29, 0.717) is 12.8 Å². The normalized spacial score (nSPS) is 13.8. The summed E-state index contributed by atoms with van der Waals surface area (Å²) in [5.74, 6) is -0.587. The molecule has 0 heterocycles. The Morgan fingerprint density at radius 1 is 0.381 bits per heavy atom. The van der Waals surface area contributed by atoms with Gasteiger partial charge in [0.05, 0.1) is 18.8 Å². The molecule has 0 aromatic rings. The van der Waals surface area contributed by atoms with Crippen LogP contribution < -0.4 is 5.32 Å². The Hall–Kier alpha value is -0.950. The lowest BCUT2D eigenvalue weighted by atomic mass is 10.00. The smallest absolute Gasteiger partial charge is 0.249 e. The van der Waals surface area contributed by atoms with Crippen LogP contribution in [0.15, 0.2) is 12.2 Å². The summed E-state index contributed by atoms with van der Waals surface area (Å²) in [6, 6.07) is -0.998. The summed E-state index contributed by atoms with van der Waals surface area (Å²) in [6.07, 6.45) is 61.5. The van der Waals surface area contributed by atoms with Gasteiger partial charge in [-0.25, -0.2) is 0 Å². The van der Waals surface area contributed by atoms with E-state index in [2.05, 4.69) is 31.3 Å². The van der Waals surface area contributed by atoms with Crippen LogP contribution in [0.3, 0.4) is 0 Å². The molecule has 0 aliphatic carbocycles. The van der Waals surface area contributed by atoms with Crippen LogP contribution in [0.25, 0.3) is 0 Å². The maximum absolute atomic E-state index is 12.6. The first kappa shape index (κ1) is 62.1. The molecule has 4 atom stereocenters. The molecule has 0 spiro atoms. The van der Waals surface area contributed by atoms with Crippen LogP contribution in [-0.2, 0) is 4.79 Å². The van der Waals surface area contributed by atoms with Crippen molar-refractivity contribution in [2.45, 2.75) is 340 Å². The number of carbonyl (C=O) groups is 1. The summed E-state index contributed by atoms with van der Waals surface area (Å²) in [4.78, 5) is 12.6. The molecular formula is C57H113NO5. The summed E-state index contributed by atoms with van der Waals surface area (Å²) in [5.41, 5.74) is 0. The average molecular weight is 893 g/mol. The quantitative estimate of drug-likeness (QED) is 0.0309. The van der Waals surface area contributed by atoms with Crippen LogP contribution in [-0.4, -0.2) is 57.3 Å². The van der Waals surface area contributed by atoms with E-state index in [4.69, 9.17) is 0 Å². The van der Waals surface area contributed by atoms with Gasteiger partial charge in [0.15, 0.2) is 0 Å². The molecule has 376 valence electrons. The lowest BCUT2D eigenvalue weighted by molar-refractivity contribution is -0.132. The zero-order valence-corrected chi connectivity index (χ0v) is 42.6. The molecule has 0 fully saturated rings. The Morgan fingerprint density at radius 2 is 0.651 bits per heavy atom. The molecule has 0 rings (SSSR count). The van der Waals surface area contributed by atoms with Crippen molar-refractivity contribution in [1.82, 2.24) is 5.32 Å². The second-order valence-corrected chi connectivity index (χ2v) is 20.0. The molecule has 0 radical (unpaired) electrons. The predicted octanol–water partition coefficient (Wildman–Crippen LogP) is 16.5. The van der Waals surface area contributed by atoms with Gasteiger partial charge in [-0.3, -0.25) is 4.79 Å². The van der Waals surface area contributed by atoms with Crippen molar-refractivity contribution in [3.8, 4) is 0 Å². The van der Waals surface area contributed by atoms with Crippen LogP contribution in [0.1, 0.15) is 316 Å². The second-order valence-electron chi connectivity index (χ2n) is 20.0. The number of unbranched alkanes of at least 4 members (excludes halogenated alkanes) is 42. The fourth-order valence-corrected chi connectivity index (χ4v) is 9.23. The maximum Gasteiger partial charge on any atom is 0.249 e. The number of carbonyl (C=O) groups excluding carboxylic acids is 1. The number of hydrogen-bond donors (Lipinski definition) is 5. The van der Waals surface area contributed by atoms with Crippen molar-refractivity contribution in [2.24, 2.45) is 0 Å². The van der Waals surface area contributed by atoms with Gasteiger partial charge in [0.1, 0.15) is 12.2 Å². The molecule has 1 amide bonds. The third-order valence-corrected chi connectivity index (χ3v) is 13.7. The van der Waals surface area contributed by atoms with E-state index in [0.717, 1.165) is 38.5 Å². The second kappa shape index (κ2) is 52.0. The molecule has 63 heavy (non-hydrogen) atoms. The van der Waals surface area contributed by atoms with E-state index in [1.54, 1.807) is 0 Å². The highest BCUT2D eigenvalue weighted by molar-refractivity contribution is 5.80. The average Bonchev–Trinajstić information content (AvgIpc) is 3.29. The molecule has 6 heteroatoms. The van der Waals surface area contributed by atoms with Crippen molar-refractivity contribution in [1.29, 1.82) is 0 Å². The molecule has 6 nitrogen and oxygen atoms in total. The summed E-state index contributed by atoms with van der Waals surface area (Å²) in [5, 5.41) is 43.9. The molecule has 4 unspecified atom stereocenters. The molecule has 0 saturated carbocycles. The van der Waals surface area contributed by atoms with Gasteiger partial charge in [-0.15, -0.1) is 0 Å². The summed E-state index contributed by atoms with van der Waals surface area (Å²) in [7, 11) is 0. The van der Waals surface area contributed by atoms with Gasteiger partial charge in [0, 0.05) is 0 Å². The number of aliphatic hydroxyl groups is 4. The molecule has 0 aromatic carbocycles. The van der Waals surface area contributed by atoms with Gasteiger partial charge in [0.25, 0.3) is 0 Å². The van der Waals surface area contributed by atoms with Crippen molar-refractivity contribution in [2.75, 3.05) is 6.61 Å². The molecular weight excluding hydrogens is 779 g/mol. The van der Waals surface area contributed by atoms with Gasteiger partial charge >= 0.3 is 0 Å². The van der Waals surface area contributed by atoms with Crippen LogP contribution in [0.2, 0.25) is 0 Å². The molecule has 0 aliphatic heterocycles. The zero-order valence-electron chi connectivity index (χ0n) is 42.6. The molecule has 5 N–H and O–H groups in total. The van der Waals surface area contributed by atoms with Crippen LogP contribution in [0, 0.1) is 0 Å². The number of nitrogens with one attached hydrogen (secondary N) is 1. The number of hydrogen-bond acceptors (Lipinski definition) is 5. The summed E-state index contributed by atoms with van der Waals surface area (Å²) in [6.45, 7) is 4.08. The maximum atomic E-state index is 12.6. The molecule has 0 aliphatic rings. The minimum absolute atomic E-state index is 0.369.